The van der Waals surface area contributed by atoms with Crippen molar-refractivity contribution in [2.24, 2.45) is 4.99 Å². The van der Waals surface area contributed by atoms with E-state index in [0.29, 0.717) is 26.9 Å². The van der Waals surface area contributed by atoms with Crippen molar-refractivity contribution in [2.45, 2.75) is 6.92 Å². The van der Waals surface area contributed by atoms with Crippen LogP contribution in [0.1, 0.15) is 18.1 Å². The van der Waals surface area contributed by atoms with Crippen LogP contribution in [0.25, 0.3) is 6.08 Å². The molecule has 3 rings (SSSR count). The van der Waals surface area contributed by atoms with Crippen LogP contribution in [-0.2, 0) is 9.53 Å². The zero-order valence-electron chi connectivity index (χ0n) is 14.2. The Hall–Kier alpha value is -2.23. The van der Waals surface area contributed by atoms with Gasteiger partial charge >= 0.3 is 5.97 Å². The number of halogens is 3. The number of hydrogen-bond donors (Lipinski definition) is 0. The van der Waals surface area contributed by atoms with Crippen molar-refractivity contribution in [3.63, 3.8) is 0 Å². The minimum Gasteiger partial charge on any atom is -0.492 e. The zero-order chi connectivity index (χ0) is 20.4. The van der Waals surface area contributed by atoms with Gasteiger partial charge in [-0.1, -0.05) is 11.6 Å². The van der Waals surface area contributed by atoms with Crippen LogP contribution in [0.5, 0.6) is 5.75 Å². The summed E-state index contributed by atoms with van der Waals surface area (Å²) in [5.41, 5.74) is 0.730. The number of cyclic esters (lactones) is 1. The van der Waals surface area contributed by atoms with E-state index in [1.807, 2.05) is 6.92 Å². The van der Waals surface area contributed by atoms with Crippen LogP contribution >= 0.6 is 43.5 Å². The fourth-order valence-electron chi connectivity index (χ4n) is 2.42. The lowest BCUT2D eigenvalue weighted by Crippen LogP contribution is -2.06. The number of carbonyl (C=O) groups excluding carboxylic acids is 1. The van der Waals surface area contributed by atoms with E-state index in [2.05, 4.69) is 36.9 Å². The maximum Gasteiger partial charge on any atom is 0.363 e. The average molecular weight is 531 g/mol. The van der Waals surface area contributed by atoms with Gasteiger partial charge in [-0.05, 0) is 74.7 Å². The van der Waals surface area contributed by atoms with E-state index < -0.39 is 10.9 Å². The Morgan fingerprint density at radius 3 is 2.57 bits per heavy atom. The zero-order valence-corrected chi connectivity index (χ0v) is 18.2. The number of nitrogens with zero attached hydrogens (tertiary/aromatic N) is 2. The summed E-state index contributed by atoms with van der Waals surface area (Å²) in [5, 5.41) is 11.0. The van der Waals surface area contributed by atoms with E-state index in [9.17, 15) is 14.9 Å². The molecule has 28 heavy (non-hydrogen) atoms. The molecule has 1 heterocycles. The second kappa shape index (κ2) is 8.42. The van der Waals surface area contributed by atoms with Crippen LogP contribution in [-0.4, -0.2) is 23.4 Å². The smallest absolute Gasteiger partial charge is 0.363 e. The number of nitro groups is 1. The van der Waals surface area contributed by atoms with Crippen LogP contribution < -0.4 is 4.74 Å². The van der Waals surface area contributed by atoms with Gasteiger partial charge in [0.2, 0.25) is 5.90 Å². The van der Waals surface area contributed by atoms with Gasteiger partial charge in [-0.3, -0.25) is 10.1 Å². The van der Waals surface area contributed by atoms with Crippen LogP contribution in [0.4, 0.5) is 5.69 Å². The molecule has 0 saturated heterocycles. The number of ether oxygens (including phenoxy) is 2. The highest BCUT2D eigenvalue weighted by Gasteiger charge is 2.26. The monoisotopic (exact) mass is 528 g/mol. The van der Waals surface area contributed by atoms with Gasteiger partial charge in [0, 0.05) is 11.6 Å². The van der Waals surface area contributed by atoms with Gasteiger partial charge in [0.05, 0.1) is 20.5 Å². The molecule has 0 unspecified atom stereocenters. The molecular weight excluding hydrogens is 519 g/mol. The lowest BCUT2D eigenvalue weighted by molar-refractivity contribution is -0.384. The lowest BCUT2D eigenvalue weighted by atomic mass is 10.2. The van der Waals surface area contributed by atoms with Gasteiger partial charge in [0.15, 0.2) is 5.70 Å². The minimum atomic E-state index is -0.659. The molecule has 0 aromatic heterocycles. The summed E-state index contributed by atoms with van der Waals surface area (Å²) in [4.78, 5) is 26.8. The summed E-state index contributed by atoms with van der Waals surface area (Å²) >= 11 is 12.7. The molecular formula is C18H11Br2ClN2O5. The molecule has 0 radical (unpaired) electrons. The molecule has 0 bridgehead atoms. The van der Waals surface area contributed by atoms with E-state index in [-0.39, 0.29) is 27.9 Å². The van der Waals surface area contributed by atoms with Crippen LogP contribution in [0.15, 0.2) is 50.0 Å². The van der Waals surface area contributed by atoms with Crippen LogP contribution in [0, 0.1) is 10.1 Å². The lowest BCUT2D eigenvalue weighted by Gasteiger charge is -2.09. The Morgan fingerprint density at radius 2 is 1.96 bits per heavy atom. The third-order valence-corrected chi connectivity index (χ3v) is 5.12. The SMILES string of the molecule is CCOc1c(Br)cc(/C=C2\N=C(c3ccc(Cl)c([N+](=O)[O-])c3)OC2=O)cc1Br. The van der Waals surface area contributed by atoms with Gasteiger partial charge in [-0.15, -0.1) is 0 Å². The first-order chi connectivity index (χ1) is 13.3. The Morgan fingerprint density at radius 1 is 1.29 bits per heavy atom. The Kier molecular flexibility index (Phi) is 6.17. The molecule has 0 atom stereocenters. The third-order valence-electron chi connectivity index (χ3n) is 3.62. The molecule has 7 nitrogen and oxygen atoms in total. The van der Waals surface area contributed by atoms with E-state index in [1.165, 1.54) is 18.2 Å². The van der Waals surface area contributed by atoms with Gasteiger partial charge in [-0.25, -0.2) is 9.79 Å². The molecule has 0 spiro atoms. The number of aliphatic imine (C=N–C) groups is 1. The molecule has 1 aliphatic heterocycles. The number of benzene rings is 2. The van der Waals surface area contributed by atoms with E-state index in [0.717, 1.165) is 0 Å². The van der Waals surface area contributed by atoms with Gasteiger partial charge in [-0.2, -0.15) is 0 Å². The van der Waals surface area contributed by atoms with Crippen molar-refractivity contribution in [2.75, 3.05) is 6.61 Å². The summed E-state index contributed by atoms with van der Waals surface area (Å²) in [5.74, 6) is -0.0369. The predicted molar refractivity (Wildman–Crippen MR) is 112 cm³/mol. The van der Waals surface area contributed by atoms with E-state index in [4.69, 9.17) is 21.1 Å². The fourth-order valence-corrected chi connectivity index (χ4v) is 4.06. The molecule has 0 fully saturated rings. The Labute approximate surface area is 181 Å². The van der Waals surface area contributed by atoms with Crippen molar-refractivity contribution < 1.29 is 19.2 Å². The van der Waals surface area contributed by atoms with Gasteiger partial charge < -0.3 is 9.47 Å². The number of nitro benzene ring substituents is 1. The number of rotatable bonds is 5. The molecule has 0 aliphatic carbocycles. The number of hydrogen-bond acceptors (Lipinski definition) is 6. The molecule has 0 N–H and O–H groups in total. The first-order valence-corrected chi connectivity index (χ1v) is 9.85. The van der Waals surface area contributed by atoms with Crippen molar-refractivity contribution in [1.29, 1.82) is 0 Å². The number of carbonyl (C=O) groups is 1. The van der Waals surface area contributed by atoms with E-state index >= 15 is 0 Å². The van der Waals surface area contributed by atoms with Crippen LogP contribution in [0.2, 0.25) is 5.02 Å². The third kappa shape index (κ3) is 4.26. The normalized spacial score (nSPS) is 14.8. The highest BCUT2D eigenvalue weighted by Crippen LogP contribution is 2.36. The first kappa shape index (κ1) is 20.5. The van der Waals surface area contributed by atoms with Crippen molar-refractivity contribution in [3.8, 4) is 5.75 Å². The average Bonchev–Trinajstić information content (AvgIpc) is 2.99. The summed E-state index contributed by atoms with van der Waals surface area (Å²) in [6, 6.07) is 7.61. The highest BCUT2D eigenvalue weighted by atomic mass is 79.9. The van der Waals surface area contributed by atoms with Gasteiger partial charge in [0.25, 0.3) is 5.69 Å². The first-order valence-electron chi connectivity index (χ1n) is 7.89. The predicted octanol–water partition coefficient (Wildman–Crippen LogP) is 5.52. The highest BCUT2D eigenvalue weighted by molar-refractivity contribution is 9.11. The summed E-state index contributed by atoms with van der Waals surface area (Å²) in [6.07, 6.45) is 1.55. The largest absolute Gasteiger partial charge is 0.492 e. The maximum atomic E-state index is 12.2. The minimum absolute atomic E-state index is 0.0153. The topological polar surface area (TPSA) is 91.0 Å². The molecule has 10 heteroatoms. The molecule has 0 saturated carbocycles. The molecule has 144 valence electrons. The summed E-state index contributed by atoms with van der Waals surface area (Å²) < 4.78 is 12.1. The van der Waals surface area contributed by atoms with Crippen molar-refractivity contribution in [1.82, 2.24) is 0 Å². The standard InChI is InChI=1S/C18H11Br2ClN2O5/c1-2-27-16-11(19)5-9(6-12(16)20)7-14-18(24)28-17(22-14)10-3-4-13(21)15(8-10)23(25)26/h3-8H,2H2,1H3/b14-7-. The molecule has 1 aliphatic rings. The summed E-state index contributed by atoms with van der Waals surface area (Å²) in [6.45, 7) is 2.38. The molecule has 2 aromatic carbocycles. The van der Waals surface area contributed by atoms with Crippen molar-refractivity contribution in [3.05, 3.63) is 71.2 Å². The Balaban J connectivity index is 1.96. The Bertz CT molecular complexity index is 1030. The maximum absolute atomic E-state index is 12.2. The van der Waals surface area contributed by atoms with Crippen LogP contribution in [0.3, 0.4) is 0 Å². The van der Waals surface area contributed by atoms with Crippen molar-refractivity contribution >= 4 is 67.1 Å². The fraction of sp³-hybridized carbons (Fsp3) is 0.111. The van der Waals surface area contributed by atoms with E-state index in [1.54, 1.807) is 18.2 Å². The second-order valence-corrected chi connectivity index (χ2v) is 7.62. The van der Waals surface area contributed by atoms with Gasteiger partial charge in [0.1, 0.15) is 10.8 Å². The molecule has 2 aromatic rings. The molecule has 0 amide bonds. The number of esters is 1. The second-order valence-electron chi connectivity index (χ2n) is 5.51. The quantitative estimate of drug-likeness (QED) is 0.220. The summed E-state index contributed by atoms with van der Waals surface area (Å²) in [7, 11) is 0.